The van der Waals surface area contributed by atoms with Gasteiger partial charge in [0.05, 0.1) is 6.42 Å². The first-order valence-electron chi connectivity index (χ1n) is 5.53. The molecule has 84 valence electrons. The topological polar surface area (TPSA) is 63.3 Å². The standard InChI is InChI=1S/C11H23NO2/c1-3-4-5-6-9(2)7-10(12)8-11(13)14/h9-10H,3-8,12H2,1-2H3,(H,13,14)/t9-,10+/m1/s1. The molecule has 3 heteroatoms. The van der Waals surface area contributed by atoms with Crippen molar-refractivity contribution in [1.29, 1.82) is 0 Å². The van der Waals surface area contributed by atoms with Crippen LogP contribution in [0.4, 0.5) is 0 Å². The first-order valence-corrected chi connectivity index (χ1v) is 5.53. The highest BCUT2D eigenvalue weighted by molar-refractivity contribution is 5.67. The van der Waals surface area contributed by atoms with E-state index in [1.165, 1.54) is 25.7 Å². The van der Waals surface area contributed by atoms with Crippen molar-refractivity contribution in [1.82, 2.24) is 0 Å². The van der Waals surface area contributed by atoms with E-state index < -0.39 is 5.97 Å². The van der Waals surface area contributed by atoms with Crippen molar-refractivity contribution in [2.24, 2.45) is 11.7 Å². The van der Waals surface area contributed by atoms with Gasteiger partial charge in [-0.2, -0.15) is 0 Å². The molecule has 2 atom stereocenters. The second-order valence-electron chi connectivity index (χ2n) is 4.19. The van der Waals surface area contributed by atoms with Crippen molar-refractivity contribution in [2.45, 2.75) is 58.4 Å². The van der Waals surface area contributed by atoms with Crippen molar-refractivity contribution >= 4 is 5.97 Å². The van der Waals surface area contributed by atoms with Gasteiger partial charge in [-0.25, -0.2) is 0 Å². The smallest absolute Gasteiger partial charge is 0.304 e. The van der Waals surface area contributed by atoms with Gasteiger partial charge >= 0.3 is 5.97 Å². The van der Waals surface area contributed by atoms with Crippen LogP contribution in [0.3, 0.4) is 0 Å². The van der Waals surface area contributed by atoms with Crippen LogP contribution in [-0.4, -0.2) is 17.1 Å². The average molecular weight is 201 g/mol. The van der Waals surface area contributed by atoms with E-state index in [0.29, 0.717) is 5.92 Å². The number of rotatable bonds is 8. The summed E-state index contributed by atoms with van der Waals surface area (Å²) >= 11 is 0. The van der Waals surface area contributed by atoms with Gasteiger partial charge in [0.1, 0.15) is 0 Å². The Balaban J connectivity index is 3.49. The Morgan fingerprint density at radius 3 is 2.57 bits per heavy atom. The summed E-state index contributed by atoms with van der Waals surface area (Å²) in [6.45, 7) is 4.33. The monoisotopic (exact) mass is 201 g/mol. The molecule has 0 aliphatic rings. The largest absolute Gasteiger partial charge is 0.481 e. The first-order chi connectivity index (χ1) is 6.56. The molecule has 3 N–H and O–H groups in total. The summed E-state index contributed by atoms with van der Waals surface area (Å²) in [4.78, 5) is 10.4. The summed E-state index contributed by atoms with van der Waals surface area (Å²) in [6.07, 6.45) is 5.82. The predicted octanol–water partition coefficient (Wildman–Crippen LogP) is 2.39. The molecule has 0 saturated carbocycles. The maximum Gasteiger partial charge on any atom is 0.304 e. The van der Waals surface area contributed by atoms with Crippen LogP contribution >= 0.6 is 0 Å². The zero-order chi connectivity index (χ0) is 11.0. The van der Waals surface area contributed by atoms with Gasteiger partial charge in [0.15, 0.2) is 0 Å². The zero-order valence-electron chi connectivity index (χ0n) is 9.33. The normalized spacial score (nSPS) is 15.1. The predicted molar refractivity (Wildman–Crippen MR) is 58.2 cm³/mol. The molecule has 0 heterocycles. The lowest BCUT2D eigenvalue weighted by molar-refractivity contribution is -0.137. The Morgan fingerprint density at radius 1 is 1.43 bits per heavy atom. The SMILES string of the molecule is CCCCC[C@@H](C)C[C@H](N)CC(=O)O. The van der Waals surface area contributed by atoms with E-state index in [-0.39, 0.29) is 12.5 Å². The van der Waals surface area contributed by atoms with Crippen LogP contribution in [0.2, 0.25) is 0 Å². The van der Waals surface area contributed by atoms with Gasteiger partial charge < -0.3 is 10.8 Å². The zero-order valence-corrected chi connectivity index (χ0v) is 9.33. The highest BCUT2D eigenvalue weighted by atomic mass is 16.4. The molecule has 0 aliphatic carbocycles. The molecule has 0 aliphatic heterocycles. The number of hydrogen-bond donors (Lipinski definition) is 2. The minimum absolute atomic E-state index is 0.0954. The van der Waals surface area contributed by atoms with E-state index in [0.717, 1.165) is 6.42 Å². The molecule has 0 rings (SSSR count). The van der Waals surface area contributed by atoms with Crippen molar-refractivity contribution in [3.8, 4) is 0 Å². The Hall–Kier alpha value is -0.570. The van der Waals surface area contributed by atoms with Gasteiger partial charge in [-0.05, 0) is 12.3 Å². The summed E-state index contributed by atoms with van der Waals surface area (Å²) in [6, 6.07) is -0.177. The molecule has 0 fully saturated rings. The van der Waals surface area contributed by atoms with Gasteiger partial charge in [0.2, 0.25) is 0 Å². The Kier molecular flexibility index (Phi) is 7.48. The Labute approximate surface area is 86.7 Å². The minimum Gasteiger partial charge on any atom is -0.481 e. The van der Waals surface area contributed by atoms with Crippen LogP contribution in [0.1, 0.15) is 52.4 Å². The van der Waals surface area contributed by atoms with Crippen molar-refractivity contribution in [2.75, 3.05) is 0 Å². The average Bonchev–Trinajstić information content (AvgIpc) is 2.02. The number of carbonyl (C=O) groups is 1. The van der Waals surface area contributed by atoms with Gasteiger partial charge in [0.25, 0.3) is 0 Å². The molecule has 0 spiro atoms. The lowest BCUT2D eigenvalue weighted by Crippen LogP contribution is -2.25. The lowest BCUT2D eigenvalue weighted by atomic mass is 9.95. The van der Waals surface area contributed by atoms with Crippen LogP contribution in [0, 0.1) is 5.92 Å². The van der Waals surface area contributed by atoms with Crippen molar-refractivity contribution in [3.05, 3.63) is 0 Å². The van der Waals surface area contributed by atoms with E-state index >= 15 is 0 Å². The van der Waals surface area contributed by atoms with Crippen molar-refractivity contribution < 1.29 is 9.90 Å². The fraction of sp³-hybridized carbons (Fsp3) is 0.909. The maximum atomic E-state index is 10.4. The van der Waals surface area contributed by atoms with E-state index in [1.807, 2.05) is 0 Å². The molecule has 0 unspecified atom stereocenters. The summed E-state index contributed by atoms with van der Waals surface area (Å²) in [7, 11) is 0. The molecule has 0 amide bonds. The van der Waals surface area contributed by atoms with Gasteiger partial charge in [-0.1, -0.05) is 39.5 Å². The molecule has 0 bridgehead atoms. The van der Waals surface area contributed by atoms with E-state index in [1.54, 1.807) is 0 Å². The molecule has 3 nitrogen and oxygen atoms in total. The molecule has 0 saturated heterocycles. The van der Waals surface area contributed by atoms with Gasteiger partial charge in [-0.15, -0.1) is 0 Å². The molecule has 14 heavy (non-hydrogen) atoms. The molecule has 0 aromatic carbocycles. The summed E-state index contributed by atoms with van der Waals surface area (Å²) in [5.41, 5.74) is 5.70. The summed E-state index contributed by atoms with van der Waals surface area (Å²) in [5, 5.41) is 8.53. The van der Waals surface area contributed by atoms with E-state index in [9.17, 15) is 4.79 Å². The summed E-state index contributed by atoms with van der Waals surface area (Å²) < 4.78 is 0. The number of nitrogens with two attached hydrogens (primary N) is 1. The third-order valence-electron chi connectivity index (χ3n) is 2.44. The maximum absolute atomic E-state index is 10.4. The Morgan fingerprint density at radius 2 is 2.07 bits per heavy atom. The highest BCUT2D eigenvalue weighted by Crippen LogP contribution is 2.15. The van der Waals surface area contributed by atoms with Crippen LogP contribution in [0.5, 0.6) is 0 Å². The minimum atomic E-state index is -0.793. The quantitative estimate of drug-likeness (QED) is 0.593. The molecule has 0 aromatic rings. The van der Waals surface area contributed by atoms with Crippen LogP contribution in [-0.2, 0) is 4.79 Å². The molecular formula is C11H23NO2. The van der Waals surface area contributed by atoms with Crippen molar-refractivity contribution in [3.63, 3.8) is 0 Å². The first kappa shape index (κ1) is 13.4. The molecule has 0 radical (unpaired) electrons. The van der Waals surface area contributed by atoms with E-state index in [4.69, 9.17) is 10.8 Å². The van der Waals surface area contributed by atoms with Crippen LogP contribution in [0.25, 0.3) is 0 Å². The highest BCUT2D eigenvalue weighted by Gasteiger charge is 2.11. The van der Waals surface area contributed by atoms with E-state index in [2.05, 4.69) is 13.8 Å². The van der Waals surface area contributed by atoms with Gasteiger partial charge in [0, 0.05) is 6.04 Å². The fourth-order valence-corrected chi connectivity index (χ4v) is 1.69. The number of aliphatic carboxylic acids is 1. The Bertz CT molecular complexity index is 159. The number of carboxylic acids is 1. The second kappa shape index (κ2) is 7.80. The van der Waals surface area contributed by atoms with Crippen LogP contribution < -0.4 is 5.73 Å². The number of carboxylic acid groups (broad SMARTS) is 1. The third kappa shape index (κ3) is 8.05. The third-order valence-corrected chi connectivity index (χ3v) is 2.44. The second-order valence-corrected chi connectivity index (χ2v) is 4.19. The molecule has 0 aromatic heterocycles. The fourth-order valence-electron chi connectivity index (χ4n) is 1.69. The lowest BCUT2D eigenvalue weighted by Gasteiger charge is -2.15. The summed E-state index contributed by atoms with van der Waals surface area (Å²) in [5.74, 6) is -0.242. The van der Waals surface area contributed by atoms with Crippen LogP contribution in [0.15, 0.2) is 0 Å². The molecular weight excluding hydrogens is 178 g/mol. The number of unbranched alkanes of at least 4 members (excludes halogenated alkanes) is 2. The number of hydrogen-bond acceptors (Lipinski definition) is 2. The van der Waals surface area contributed by atoms with Gasteiger partial charge in [-0.3, -0.25) is 4.79 Å².